The van der Waals surface area contributed by atoms with Crippen LogP contribution in [-0.2, 0) is 0 Å². The lowest BCUT2D eigenvalue weighted by Crippen LogP contribution is -2.43. The van der Waals surface area contributed by atoms with Crippen molar-refractivity contribution < 1.29 is 0 Å². The van der Waals surface area contributed by atoms with Gasteiger partial charge in [0.25, 0.3) is 0 Å². The Hall–Kier alpha value is -0.0800. The van der Waals surface area contributed by atoms with E-state index in [1.807, 2.05) is 0 Å². The Kier molecular flexibility index (Phi) is 5.49. The van der Waals surface area contributed by atoms with Gasteiger partial charge in [-0.3, -0.25) is 4.90 Å². The maximum Gasteiger partial charge on any atom is 0.0194 e. The molecule has 84 valence electrons. The Morgan fingerprint density at radius 2 is 1.64 bits per heavy atom. The van der Waals surface area contributed by atoms with E-state index in [0.29, 0.717) is 0 Å². The first kappa shape index (κ1) is 12.0. The highest BCUT2D eigenvalue weighted by molar-refractivity contribution is 4.72. The van der Waals surface area contributed by atoms with Gasteiger partial charge >= 0.3 is 0 Å². The van der Waals surface area contributed by atoms with Gasteiger partial charge in [-0.2, -0.15) is 0 Å². The van der Waals surface area contributed by atoms with Gasteiger partial charge in [0.1, 0.15) is 0 Å². The molecule has 0 spiro atoms. The summed E-state index contributed by atoms with van der Waals surface area (Å²) < 4.78 is 0. The summed E-state index contributed by atoms with van der Waals surface area (Å²) in [6.07, 6.45) is 4.26. The van der Waals surface area contributed by atoms with Gasteiger partial charge in [0.05, 0.1) is 0 Å². The molecular formula is C12H26N2. The molecule has 0 amide bonds. The van der Waals surface area contributed by atoms with Crippen LogP contribution < -0.4 is 0 Å². The van der Waals surface area contributed by atoms with Crippen LogP contribution in [0.3, 0.4) is 0 Å². The Morgan fingerprint density at radius 1 is 1.07 bits per heavy atom. The van der Waals surface area contributed by atoms with Crippen molar-refractivity contribution in [3.05, 3.63) is 0 Å². The highest BCUT2D eigenvalue weighted by Crippen LogP contribution is 2.10. The predicted octanol–water partition coefficient (Wildman–Crippen LogP) is 2.20. The number of likely N-dealkylation sites (N-methyl/N-ethyl adjacent to an activating group) is 1. The van der Waals surface area contributed by atoms with Crippen LogP contribution in [0.5, 0.6) is 0 Å². The standard InChI is InChI=1S/C12H26N2/c1-4-14(5-2)12(3)11-13-9-7-6-8-10-13/h12H,4-11H2,1-3H3. The molecule has 14 heavy (non-hydrogen) atoms. The SMILES string of the molecule is CCN(CC)C(C)CN1CCCCC1. The van der Waals surface area contributed by atoms with Crippen LogP contribution in [0.25, 0.3) is 0 Å². The zero-order valence-electron chi connectivity index (χ0n) is 10.1. The van der Waals surface area contributed by atoms with E-state index < -0.39 is 0 Å². The Morgan fingerprint density at radius 3 is 2.14 bits per heavy atom. The van der Waals surface area contributed by atoms with E-state index >= 15 is 0 Å². The van der Waals surface area contributed by atoms with Crippen molar-refractivity contribution in [1.82, 2.24) is 9.80 Å². The molecule has 1 unspecified atom stereocenters. The molecule has 1 aliphatic heterocycles. The minimum absolute atomic E-state index is 0.725. The van der Waals surface area contributed by atoms with E-state index in [9.17, 15) is 0 Å². The summed E-state index contributed by atoms with van der Waals surface area (Å²) in [4.78, 5) is 5.18. The van der Waals surface area contributed by atoms with Gasteiger partial charge in [-0.1, -0.05) is 20.3 Å². The fourth-order valence-electron chi connectivity index (χ4n) is 2.48. The second-order valence-electron chi connectivity index (χ2n) is 4.43. The molecule has 0 N–H and O–H groups in total. The maximum atomic E-state index is 2.63. The van der Waals surface area contributed by atoms with Gasteiger partial charge in [-0.05, 0) is 45.9 Å². The third-order valence-corrected chi connectivity index (χ3v) is 3.41. The number of likely N-dealkylation sites (tertiary alicyclic amines) is 1. The normalized spacial score (nSPS) is 21.4. The van der Waals surface area contributed by atoms with E-state index in [2.05, 4.69) is 30.6 Å². The molecule has 0 aromatic carbocycles. The van der Waals surface area contributed by atoms with Gasteiger partial charge in [0, 0.05) is 12.6 Å². The number of hydrogen-bond donors (Lipinski definition) is 0. The van der Waals surface area contributed by atoms with Gasteiger partial charge < -0.3 is 4.90 Å². The van der Waals surface area contributed by atoms with Crippen LogP contribution in [0.15, 0.2) is 0 Å². The Labute approximate surface area is 89.3 Å². The van der Waals surface area contributed by atoms with Gasteiger partial charge in [-0.15, -0.1) is 0 Å². The van der Waals surface area contributed by atoms with Crippen LogP contribution in [0.4, 0.5) is 0 Å². The zero-order valence-corrected chi connectivity index (χ0v) is 10.1. The largest absolute Gasteiger partial charge is 0.302 e. The molecule has 1 heterocycles. The molecule has 0 radical (unpaired) electrons. The van der Waals surface area contributed by atoms with E-state index in [1.165, 1.54) is 52.0 Å². The highest BCUT2D eigenvalue weighted by Gasteiger charge is 2.16. The lowest BCUT2D eigenvalue weighted by atomic mass is 10.1. The summed E-state index contributed by atoms with van der Waals surface area (Å²) in [7, 11) is 0. The van der Waals surface area contributed by atoms with E-state index in [1.54, 1.807) is 0 Å². The number of hydrogen-bond acceptors (Lipinski definition) is 2. The fraction of sp³-hybridized carbons (Fsp3) is 1.00. The van der Waals surface area contributed by atoms with Crippen LogP contribution in [-0.4, -0.2) is 48.6 Å². The van der Waals surface area contributed by atoms with Crippen molar-refractivity contribution >= 4 is 0 Å². The molecule has 1 fully saturated rings. The molecule has 2 nitrogen and oxygen atoms in total. The van der Waals surface area contributed by atoms with Crippen LogP contribution in [0.2, 0.25) is 0 Å². The maximum absolute atomic E-state index is 2.63. The topological polar surface area (TPSA) is 6.48 Å². The Bertz CT molecular complexity index is 137. The monoisotopic (exact) mass is 198 g/mol. The number of piperidine rings is 1. The second kappa shape index (κ2) is 6.41. The summed E-state index contributed by atoms with van der Waals surface area (Å²) in [6.45, 7) is 13.2. The molecule has 0 bridgehead atoms. The van der Waals surface area contributed by atoms with Gasteiger partial charge in [0.15, 0.2) is 0 Å². The highest BCUT2D eigenvalue weighted by atomic mass is 15.2. The van der Waals surface area contributed by atoms with Crippen LogP contribution in [0, 0.1) is 0 Å². The lowest BCUT2D eigenvalue weighted by Gasteiger charge is -2.34. The van der Waals surface area contributed by atoms with Gasteiger partial charge in [0.2, 0.25) is 0 Å². The molecule has 0 aromatic heterocycles. The fourth-order valence-corrected chi connectivity index (χ4v) is 2.48. The molecule has 1 saturated heterocycles. The van der Waals surface area contributed by atoms with Crippen molar-refractivity contribution in [3.63, 3.8) is 0 Å². The molecule has 0 aromatic rings. The van der Waals surface area contributed by atoms with E-state index in [4.69, 9.17) is 0 Å². The quantitative estimate of drug-likeness (QED) is 0.668. The number of rotatable bonds is 5. The van der Waals surface area contributed by atoms with Crippen molar-refractivity contribution in [1.29, 1.82) is 0 Å². The van der Waals surface area contributed by atoms with Crippen molar-refractivity contribution in [2.45, 2.75) is 46.1 Å². The summed E-state index contributed by atoms with van der Waals surface area (Å²) in [5, 5.41) is 0. The minimum atomic E-state index is 0.725. The van der Waals surface area contributed by atoms with Crippen molar-refractivity contribution in [3.8, 4) is 0 Å². The number of nitrogens with zero attached hydrogens (tertiary/aromatic N) is 2. The smallest absolute Gasteiger partial charge is 0.0194 e. The molecule has 1 aliphatic rings. The van der Waals surface area contributed by atoms with Crippen molar-refractivity contribution in [2.24, 2.45) is 0 Å². The van der Waals surface area contributed by atoms with Crippen molar-refractivity contribution in [2.75, 3.05) is 32.7 Å². The zero-order chi connectivity index (χ0) is 10.4. The third kappa shape index (κ3) is 3.58. The summed E-state index contributed by atoms with van der Waals surface area (Å²) in [6, 6.07) is 0.725. The molecule has 1 atom stereocenters. The average Bonchev–Trinajstić information content (AvgIpc) is 2.21. The lowest BCUT2D eigenvalue weighted by molar-refractivity contribution is 0.143. The van der Waals surface area contributed by atoms with E-state index in [-0.39, 0.29) is 0 Å². The first-order valence-electron chi connectivity index (χ1n) is 6.24. The van der Waals surface area contributed by atoms with Crippen LogP contribution >= 0.6 is 0 Å². The molecule has 2 heteroatoms. The average molecular weight is 198 g/mol. The molecule has 1 rings (SSSR count). The second-order valence-corrected chi connectivity index (χ2v) is 4.43. The summed E-state index contributed by atoms with van der Waals surface area (Å²) >= 11 is 0. The predicted molar refractivity (Wildman–Crippen MR) is 62.7 cm³/mol. The first-order chi connectivity index (χ1) is 6.77. The minimum Gasteiger partial charge on any atom is -0.302 e. The summed E-state index contributed by atoms with van der Waals surface area (Å²) in [5.74, 6) is 0. The van der Waals surface area contributed by atoms with Crippen LogP contribution in [0.1, 0.15) is 40.0 Å². The molecule has 0 saturated carbocycles. The first-order valence-corrected chi connectivity index (χ1v) is 6.24. The van der Waals surface area contributed by atoms with E-state index in [0.717, 1.165) is 6.04 Å². The Balaban J connectivity index is 2.26. The van der Waals surface area contributed by atoms with Gasteiger partial charge in [-0.25, -0.2) is 0 Å². The molecule has 0 aliphatic carbocycles. The summed E-state index contributed by atoms with van der Waals surface area (Å²) in [5.41, 5.74) is 0. The third-order valence-electron chi connectivity index (χ3n) is 3.41. The molecular weight excluding hydrogens is 172 g/mol.